The van der Waals surface area contributed by atoms with Gasteiger partial charge in [0.05, 0.1) is 34.3 Å². The maximum Gasteiger partial charge on any atom is 0.144 e. The van der Waals surface area contributed by atoms with Gasteiger partial charge in [0.15, 0.2) is 0 Å². The van der Waals surface area contributed by atoms with Crippen molar-refractivity contribution in [2.24, 2.45) is 0 Å². The Kier molecular flexibility index (Phi) is 3.87. The van der Waals surface area contributed by atoms with E-state index in [1.54, 1.807) is 12.5 Å². The van der Waals surface area contributed by atoms with Gasteiger partial charge in [0.1, 0.15) is 11.6 Å². The first-order valence-corrected chi connectivity index (χ1v) is 7.39. The van der Waals surface area contributed by atoms with E-state index in [2.05, 4.69) is 9.97 Å². The van der Waals surface area contributed by atoms with E-state index in [0.717, 1.165) is 0 Å². The fourth-order valence-electron chi connectivity index (χ4n) is 2.51. The number of hydrogen-bond donors (Lipinski definition) is 0. The minimum absolute atomic E-state index is 0.0542. The Morgan fingerprint density at radius 1 is 1.38 bits per heavy atom. The van der Waals surface area contributed by atoms with Gasteiger partial charge in [-0.2, -0.15) is 0 Å². The van der Waals surface area contributed by atoms with Crippen LogP contribution in [-0.4, -0.2) is 19.1 Å². The number of halogens is 3. The minimum Gasteiger partial charge on any atom is -0.335 e. The molecule has 0 radical (unpaired) electrons. The molecule has 3 rings (SSSR count). The predicted octanol–water partition coefficient (Wildman–Crippen LogP) is 4.03. The van der Waals surface area contributed by atoms with Crippen LogP contribution in [0, 0.1) is 5.82 Å². The number of benzene rings is 1. The first kappa shape index (κ1) is 14.4. The van der Waals surface area contributed by atoms with Crippen LogP contribution in [0.1, 0.15) is 18.8 Å². The lowest BCUT2D eigenvalue weighted by molar-refractivity contribution is 0.464. The molecule has 1 aromatic carbocycles. The third kappa shape index (κ3) is 2.63. The van der Waals surface area contributed by atoms with E-state index in [1.165, 1.54) is 12.1 Å². The molecule has 3 aromatic rings. The van der Waals surface area contributed by atoms with Gasteiger partial charge in [-0.25, -0.2) is 14.4 Å². The van der Waals surface area contributed by atoms with Gasteiger partial charge in [-0.1, -0.05) is 11.6 Å². The molecule has 4 nitrogen and oxygen atoms in total. The van der Waals surface area contributed by atoms with Crippen molar-refractivity contribution in [3.8, 4) is 0 Å². The molecule has 0 fully saturated rings. The summed E-state index contributed by atoms with van der Waals surface area (Å²) in [4.78, 5) is 8.46. The summed E-state index contributed by atoms with van der Waals surface area (Å²) in [6.45, 7) is 2.73. The fourth-order valence-corrected chi connectivity index (χ4v) is 2.85. The lowest BCUT2D eigenvalue weighted by atomic mass is 10.2. The van der Waals surface area contributed by atoms with Crippen molar-refractivity contribution in [3.05, 3.63) is 47.5 Å². The Morgan fingerprint density at radius 3 is 2.86 bits per heavy atom. The van der Waals surface area contributed by atoms with Crippen LogP contribution in [0.2, 0.25) is 5.02 Å². The molecule has 21 heavy (non-hydrogen) atoms. The predicted molar refractivity (Wildman–Crippen MR) is 81.2 cm³/mol. The first-order valence-electron chi connectivity index (χ1n) is 6.47. The highest BCUT2D eigenvalue weighted by Gasteiger charge is 2.17. The summed E-state index contributed by atoms with van der Waals surface area (Å²) < 4.78 is 17.7. The molecule has 7 heteroatoms. The molecule has 1 unspecified atom stereocenters. The average molecular weight is 327 g/mol. The number of fused-ring (bicyclic) bond motifs is 1. The molecule has 0 spiro atoms. The van der Waals surface area contributed by atoms with Gasteiger partial charge in [-0.3, -0.25) is 0 Å². The van der Waals surface area contributed by atoms with Crippen molar-refractivity contribution >= 4 is 34.2 Å². The molecule has 0 aliphatic rings. The van der Waals surface area contributed by atoms with Crippen LogP contribution in [0.3, 0.4) is 0 Å². The van der Waals surface area contributed by atoms with Crippen LogP contribution >= 0.6 is 23.2 Å². The van der Waals surface area contributed by atoms with Gasteiger partial charge in [0.2, 0.25) is 0 Å². The summed E-state index contributed by atoms with van der Waals surface area (Å²) in [6.07, 6.45) is 5.35. The Morgan fingerprint density at radius 2 is 2.19 bits per heavy atom. The smallest absolute Gasteiger partial charge is 0.144 e. The Labute approximate surface area is 131 Å². The highest BCUT2D eigenvalue weighted by Crippen LogP contribution is 2.27. The van der Waals surface area contributed by atoms with Crippen LogP contribution in [0.25, 0.3) is 11.0 Å². The van der Waals surface area contributed by atoms with E-state index in [9.17, 15) is 4.39 Å². The van der Waals surface area contributed by atoms with Crippen LogP contribution in [-0.2, 0) is 12.4 Å². The van der Waals surface area contributed by atoms with Crippen LogP contribution in [0.4, 0.5) is 4.39 Å². The summed E-state index contributed by atoms with van der Waals surface area (Å²) in [6, 6.07) is 2.99. The second-order valence-electron chi connectivity index (χ2n) is 4.90. The zero-order chi connectivity index (χ0) is 15.0. The molecule has 0 N–H and O–H groups in total. The summed E-state index contributed by atoms with van der Waals surface area (Å²) in [7, 11) is 0. The number of imidazole rings is 2. The molecule has 1 atom stereocenters. The van der Waals surface area contributed by atoms with Crippen LogP contribution in [0.15, 0.2) is 30.9 Å². The van der Waals surface area contributed by atoms with E-state index in [4.69, 9.17) is 23.2 Å². The molecular formula is C14H13Cl2FN4. The summed E-state index contributed by atoms with van der Waals surface area (Å²) in [5, 5.41) is 0.0653. The van der Waals surface area contributed by atoms with Crippen molar-refractivity contribution in [2.75, 3.05) is 0 Å². The fraction of sp³-hybridized carbons (Fsp3) is 0.286. The molecule has 0 bridgehead atoms. The lowest BCUT2D eigenvalue weighted by Gasteiger charge is -2.17. The SMILES string of the molecule is CC(Cn1ccnc1)n1c(CCl)nc2cc(Cl)c(F)cc21. The molecule has 0 saturated heterocycles. The molecule has 2 heterocycles. The van der Waals surface area contributed by atoms with Crippen LogP contribution in [0.5, 0.6) is 0 Å². The molecule has 110 valence electrons. The summed E-state index contributed by atoms with van der Waals surface area (Å²) >= 11 is 11.8. The van der Waals surface area contributed by atoms with Gasteiger partial charge in [-0.15, -0.1) is 11.6 Å². The molecule has 0 amide bonds. The molecule has 0 aliphatic carbocycles. The van der Waals surface area contributed by atoms with Crippen molar-refractivity contribution in [1.29, 1.82) is 0 Å². The van der Waals surface area contributed by atoms with Crippen LogP contribution < -0.4 is 0 Å². The van der Waals surface area contributed by atoms with Crippen molar-refractivity contribution in [1.82, 2.24) is 19.1 Å². The third-order valence-corrected chi connectivity index (χ3v) is 3.93. The summed E-state index contributed by atoms with van der Waals surface area (Å²) in [5.74, 6) is 0.490. The number of alkyl halides is 1. The molecule has 0 aliphatic heterocycles. The van der Waals surface area contributed by atoms with E-state index in [-0.39, 0.29) is 16.9 Å². The number of rotatable bonds is 4. The Balaban J connectivity index is 2.09. The standard InChI is InChI=1S/C14H13Cl2FN4/c1-9(7-20-3-2-18-8-20)21-13-5-11(17)10(16)4-12(13)19-14(21)6-15/h2-5,8-9H,6-7H2,1H3. The normalized spacial score (nSPS) is 13.0. The van der Waals surface area contributed by atoms with E-state index in [1.807, 2.05) is 22.3 Å². The zero-order valence-corrected chi connectivity index (χ0v) is 12.8. The first-order chi connectivity index (χ1) is 10.1. The Hall–Kier alpha value is -1.59. The molecular weight excluding hydrogens is 314 g/mol. The second kappa shape index (κ2) is 5.66. The quantitative estimate of drug-likeness (QED) is 0.679. The number of hydrogen-bond acceptors (Lipinski definition) is 2. The monoisotopic (exact) mass is 326 g/mol. The summed E-state index contributed by atoms with van der Waals surface area (Å²) in [5.41, 5.74) is 1.34. The van der Waals surface area contributed by atoms with Gasteiger partial charge in [-0.05, 0) is 13.0 Å². The van der Waals surface area contributed by atoms with E-state index in [0.29, 0.717) is 23.4 Å². The van der Waals surface area contributed by atoms with E-state index >= 15 is 0 Å². The maximum absolute atomic E-state index is 13.8. The second-order valence-corrected chi connectivity index (χ2v) is 5.57. The van der Waals surface area contributed by atoms with Gasteiger partial charge < -0.3 is 9.13 Å². The third-order valence-electron chi connectivity index (χ3n) is 3.40. The highest BCUT2D eigenvalue weighted by molar-refractivity contribution is 6.31. The van der Waals surface area contributed by atoms with Crippen molar-refractivity contribution in [3.63, 3.8) is 0 Å². The van der Waals surface area contributed by atoms with Crippen molar-refractivity contribution < 1.29 is 4.39 Å². The maximum atomic E-state index is 13.8. The largest absolute Gasteiger partial charge is 0.335 e. The van der Waals surface area contributed by atoms with Gasteiger partial charge >= 0.3 is 0 Å². The van der Waals surface area contributed by atoms with Gasteiger partial charge in [0.25, 0.3) is 0 Å². The lowest BCUT2D eigenvalue weighted by Crippen LogP contribution is -2.14. The number of nitrogens with zero attached hydrogens (tertiary/aromatic N) is 4. The molecule has 0 saturated carbocycles. The average Bonchev–Trinajstić information content (AvgIpc) is 3.06. The minimum atomic E-state index is -0.457. The van der Waals surface area contributed by atoms with Gasteiger partial charge in [0, 0.05) is 25.0 Å². The zero-order valence-electron chi connectivity index (χ0n) is 11.3. The topological polar surface area (TPSA) is 35.6 Å². The number of aromatic nitrogens is 4. The molecule has 2 aromatic heterocycles. The van der Waals surface area contributed by atoms with E-state index < -0.39 is 5.82 Å². The van der Waals surface area contributed by atoms with Crippen molar-refractivity contribution in [2.45, 2.75) is 25.4 Å². The Bertz CT molecular complexity index is 767. The highest BCUT2D eigenvalue weighted by atomic mass is 35.5.